The molecule has 0 radical (unpaired) electrons. The van der Waals surface area contributed by atoms with Crippen LogP contribution < -0.4 is 10.5 Å². The highest BCUT2D eigenvalue weighted by molar-refractivity contribution is 8.26. The summed E-state index contributed by atoms with van der Waals surface area (Å²) in [6, 6.07) is 2.09. The molecule has 1 amide bonds. The van der Waals surface area contributed by atoms with Crippen molar-refractivity contribution in [2.24, 2.45) is 0 Å². The van der Waals surface area contributed by atoms with Crippen molar-refractivity contribution in [1.29, 1.82) is 5.26 Å². The van der Waals surface area contributed by atoms with Crippen LogP contribution in [0, 0.1) is 18.3 Å². The predicted octanol–water partition coefficient (Wildman–Crippen LogP) is 3.67. The average molecular weight is 475 g/mol. The lowest BCUT2D eigenvalue weighted by atomic mass is 10.0. The van der Waals surface area contributed by atoms with Crippen molar-refractivity contribution in [2.45, 2.75) is 53.0 Å². The molecule has 0 unspecified atom stereocenters. The van der Waals surface area contributed by atoms with E-state index >= 15 is 0 Å². The molecule has 3 rings (SSSR count). The number of aromatic nitrogens is 1. The van der Waals surface area contributed by atoms with Gasteiger partial charge in [0.15, 0.2) is 0 Å². The number of rotatable bonds is 8. The van der Waals surface area contributed by atoms with Crippen LogP contribution in [0.25, 0.3) is 6.08 Å². The number of thioether (sulfide) groups is 1. The van der Waals surface area contributed by atoms with E-state index < -0.39 is 0 Å². The lowest BCUT2D eigenvalue weighted by molar-refractivity contribution is -0.122. The molecule has 3 heterocycles. The summed E-state index contributed by atoms with van der Waals surface area (Å²) in [6.07, 6.45) is 5.61. The fourth-order valence-electron chi connectivity index (χ4n) is 4.03. The van der Waals surface area contributed by atoms with E-state index in [0.29, 0.717) is 54.2 Å². The van der Waals surface area contributed by atoms with E-state index in [-0.39, 0.29) is 17.0 Å². The molecular weight excluding hydrogens is 444 g/mol. The van der Waals surface area contributed by atoms with Crippen LogP contribution in [0.4, 0.5) is 5.82 Å². The molecule has 0 saturated carbocycles. The molecule has 2 aliphatic rings. The predicted molar refractivity (Wildman–Crippen MR) is 133 cm³/mol. The van der Waals surface area contributed by atoms with Gasteiger partial charge in [0.25, 0.3) is 11.5 Å². The first-order chi connectivity index (χ1) is 15.4. The van der Waals surface area contributed by atoms with E-state index in [2.05, 4.69) is 17.9 Å². The Morgan fingerprint density at radius 1 is 1.16 bits per heavy atom. The number of ether oxygens (including phenoxy) is 1. The van der Waals surface area contributed by atoms with E-state index in [0.717, 1.165) is 37.1 Å². The standard InChI is InChI=1S/C23H30N4O3S2/c1-4-6-7-9-27-22(29)19(32-23(27)31)14-17-16(3)18(15-24)21(28)26(8-5-2)20(17)25-10-12-30-13-11-25/h14H,4-13H2,1-3H3/b19-14+. The number of unbranched alkanes of at least 4 members (excludes halogenated alkanes) is 2. The Labute approximate surface area is 199 Å². The number of nitrogens with zero attached hydrogens (tertiary/aromatic N) is 4. The number of amides is 1. The monoisotopic (exact) mass is 474 g/mol. The molecule has 2 fully saturated rings. The van der Waals surface area contributed by atoms with Gasteiger partial charge in [-0.2, -0.15) is 5.26 Å². The molecule has 0 aromatic carbocycles. The van der Waals surface area contributed by atoms with Crippen LogP contribution in [-0.4, -0.2) is 52.5 Å². The third-order valence-electron chi connectivity index (χ3n) is 5.74. The summed E-state index contributed by atoms with van der Waals surface area (Å²) in [6.45, 7) is 9.45. The van der Waals surface area contributed by atoms with Crippen LogP contribution in [0.2, 0.25) is 0 Å². The summed E-state index contributed by atoms with van der Waals surface area (Å²) in [5.74, 6) is 0.656. The van der Waals surface area contributed by atoms with Gasteiger partial charge >= 0.3 is 0 Å². The summed E-state index contributed by atoms with van der Waals surface area (Å²) in [5, 5.41) is 9.72. The van der Waals surface area contributed by atoms with Gasteiger partial charge in [-0.15, -0.1) is 0 Å². The Morgan fingerprint density at radius 2 is 1.88 bits per heavy atom. The van der Waals surface area contributed by atoms with Crippen molar-refractivity contribution in [3.63, 3.8) is 0 Å². The number of nitriles is 1. The number of carbonyl (C=O) groups excluding carboxylic acids is 1. The van der Waals surface area contributed by atoms with Crippen LogP contribution in [0.5, 0.6) is 0 Å². The van der Waals surface area contributed by atoms with Gasteiger partial charge in [-0.1, -0.05) is 50.7 Å². The van der Waals surface area contributed by atoms with E-state index in [1.165, 1.54) is 11.8 Å². The maximum Gasteiger partial charge on any atom is 0.270 e. The zero-order valence-corrected chi connectivity index (χ0v) is 20.6. The Morgan fingerprint density at radius 3 is 2.50 bits per heavy atom. The first-order valence-corrected chi connectivity index (χ1v) is 12.4. The summed E-state index contributed by atoms with van der Waals surface area (Å²) < 4.78 is 7.76. The van der Waals surface area contributed by atoms with Crippen LogP contribution in [0.3, 0.4) is 0 Å². The van der Waals surface area contributed by atoms with Gasteiger partial charge < -0.3 is 9.64 Å². The molecule has 7 nitrogen and oxygen atoms in total. The molecule has 0 N–H and O–H groups in total. The second kappa shape index (κ2) is 11.1. The molecule has 2 saturated heterocycles. The van der Waals surface area contributed by atoms with Crippen molar-refractivity contribution in [2.75, 3.05) is 37.7 Å². The van der Waals surface area contributed by atoms with Crippen molar-refractivity contribution < 1.29 is 9.53 Å². The number of morpholine rings is 1. The number of carbonyl (C=O) groups is 1. The zero-order chi connectivity index (χ0) is 23.3. The molecule has 0 bridgehead atoms. The molecule has 9 heteroatoms. The van der Waals surface area contributed by atoms with E-state index in [4.69, 9.17) is 17.0 Å². The second-order valence-electron chi connectivity index (χ2n) is 7.95. The van der Waals surface area contributed by atoms with Gasteiger partial charge in [-0.05, 0) is 31.4 Å². The minimum atomic E-state index is -0.280. The molecule has 0 spiro atoms. The minimum absolute atomic E-state index is 0.102. The smallest absolute Gasteiger partial charge is 0.270 e. The largest absolute Gasteiger partial charge is 0.378 e. The quantitative estimate of drug-likeness (QED) is 0.323. The lowest BCUT2D eigenvalue weighted by Gasteiger charge is -2.33. The SMILES string of the molecule is CCCCCN1C(=O)/C(=C\c2c(C)c(C#N)c(=O)n(CCC)c2N2CCOCC2)SC1=S. The van der Waals surface area contributed by atoms with Crippen molar-refractivity contribution in [1.82, 2.24) is 9.47 Å². The van der Waals surface area contributed by atoms with Gasteiger partial charge in [0.05, 0.1) is 18.1 Å². The van der Waals surface area contributed by atoms with E-state index in [1.807, 2.05) is 13.0 Å². The summed E-state index contributed by atoms with van der Waals surface area (Å²) >= 11 is 6.77. The summed E-state index contributed by atoms with van der Waals surface area (Å²) in [4.78, 5) is 30.6. The zero-order valence-electron chi connectivity index (χ0n) is 19.0. The maximum atomic E-state index is 13.1. The third kappa shape index (κ3) is 4.92. The molecule has 2 aliphatic heterocycles. The molecular formula is C23H30N4O3S2. The molecule has 0 aliphatic carbocycles. The van der Waals surface area contributed by atoms with Crippen molar-refractivity contribution in [3.8, 4) is 6.07 Å². The molecule has 1 aromatic rings. The Balaban J connectivity index is 2.13. The minimum Gasteiger partial charge on any atom is -0.378 e. The molecule has 172 valence electrons. The Bertz CT molecular complexity index is 1020. The summed E-state index contributed by atoms with van der Waals surface area (Å²) in [7, 11) is 0. The fourth-order valence-corrected chi connectivity index (χ4v) is 5.33. The normalized spacial score (nSPS) is 18.0. The van der Waals surface area contributed by atoms with Gasteiger partial charge in [0, 0.05) is 31.7 Å². The average Bonchev–Trinajstić information content (AvgIpc) is 3.05. The van der Waals surface area contributed by atoms with Crippen LogP contribution in [-0.2, 0) is 16.1 Å². The number of anilines is 1. The molecule has 1 aromatic heterocycles. The highest BCUT2D eigenvalue weighted by Gasteiger charge is 2.33. The maximum absolute atomic E-state index is 13.1. The Hall–Kier alpha value is -2.15. The number of hydrogen-bond acceptors (Lipinski definition) is 7. The molecule has 32 heavy (non-hydrogen) atoms. The van der Waals surface area contributed by atoms with Gasteiger partial charge in [-0.3, -0.25) is 19.1 Å². The second-order valence-corrected chi connectivity index (χ2v) is 9.62. The first kappa shape index (κ1) is 24.5. The number of thiocarbonyl (C=S) groups is 1. The van der Waals surface area contributed by atoms with Gasteiger partial charge in [-0.25, -0.2) is 0 Å². The van der Waals surface area contributed by atoms with E-state index in [9.17, 15) is 14.9 Å². The number of hydrogen-bond donors (Lipinski definition) is 0. The molecule has 0 atom stereocenters. The Kier molecular flexibility index (Phi) is 8.51. The fraction of sp³-hybridized carbons (Fsp3) is 0.565. The first-order valence-electron chi connectivity index (χ1n) is 11.2. The lowest BCUT2D eigenvalue weighted by Crippen LogP contribution is -2.41. The van der Waals surface area contributed by atoms with E-state index in [1.54, 1.807) is 16.4 Å². The highest BCUT2D eigenvalue weighted by Crippen LogP contribution is 2.36. The third-order valence-corrected chi connectivity index (χ3v) is 7.12. The van der Waals surface area contributed by atoms with Crippen LogP contribution in [0.1, 0.15) is 56.2 Å². The van der Waals surface area contributed by atoms with Gasteiger partial charge in [0.2, 0.25) is 0 Å². The van der Waals surface area contributed by atoms with Gasteiger partial charge in [0.1, 0.15) is 21.8 Å². The van der Waals surface area contributed by atoms with Crippen LogP contribution in [0.15, 0.2) is 9.70 Å². The highest BCUT2D eigenvalue weighted by atomic mass is 32.2. The van der Waals surface area contributed by atoms with Crippen LogP contribution >= 0.6 is 24.0 Å². The van der Waals surface area contributed by atoms with Crippen molar-refractivity contribution in [3.05, 3.63) is 31.9 Å². The van der Waals surface area contributed by atoms with Crippen molar-refractivity contribution >= 4 is 46.1 Å². The topological polar surface area (TPSA) is 78.6 Å². The number of pyridine rings is 1. The summed E-state index contributed by atoms with van der Waals surface area (Å²) in [5.41, 5.74) is 1.19.